The summed E-state index contributed by atoms with van der Waals surface area (Å²) in [6, 6.07) is 13.8. The normalized spacial score (nSPS) is 11.4. The van der Waals surface area contributed by atoms with Crippen molar-refractivity contribution in [3.63, 3.8) is 0 Å². The van der Waals surface area contributed by atoms with Gasteiger partial charge >= 0.3 is 6.03 Å². The molecule has 2 aromatic carbocycles. The molecule has 35 heavy (non-hydrogen) atoms. The van der Waals surface area contributed by atoms with Gasteiger partial charge < -0.3 is 33.6 Å². The lowest BCUT2D eigenvalue weighted by Gasteiger charge is -2.09. The minimum atomic E-state index is -3.67. The summed E-state index contributed by atoms with van der Waals surface area (Å²) in [7, 11) is -3.67. The van der Waals surface area contributed by atoms with Crippen LogP contribution in [0.3, 0.4) is 0 Å². The number of nitrogens with zero attached hydrogens (tertiary/aromatic N) is 4. The zero-order valence-electron chi connectivity index (χ0n) is 19.3. The largest absolute Gasteiger partial charge is 0.369 e. The number of amides is 2. The molecule has 0 saturated heterocycles. The standard InChI is InChI=1S/C19H24N10O.CH4O3S/c1-11(26-28-17(20)21)13-3-7-15(8-4-13)24-19(30)25-16-9-5-14(6-10-16)12(2)27-29-18(22)23;1-5(2,3)4/h3-10H,1-2H3,(H4,20,21,28)(H4,22,23,29)(H2,24,25,30);1H3,(H,2,3,4)/b26-11+,27-12+;. The van der Waals surface area contributed by atoms with E-state index in [2.05, 4.69) is 31.0 Å². The van der Waals surface area contributed by atoms with Crippen molar-refractivity contribution in [1.29, 1.82) is 0 Å². The van der Waals surface area contributed by atoms with Crippen LogP contribution in [0, 0.1) is 0 Å². The number of urea groups is 1. The highest BCUT2D eigenvalue weighted by molar-refractivity contribution is 7.85. The van der Waals surface area contributed by atoms with E-state index in [0.29, 0.717) is 29.1 Å². The second-order valence-electron chi connectivity index (χ2n) is 6.89. The Morgan fingerprint density at radius 2 is 1.00 bits per heavy atom. The maximum absolute atomic E-state index is 12.2. The van der Waals surface area contributed by atoms with Crippen molar-refractivity contribution < 1.29 is 17.8 Å². The first-order valence-corrected chi connectivity index (χ1v) is 11.6. The van der Waals surface area contributed by atoms with Crippen LogP contribution in [-0.4, -0.2) is 48.6 Å². The quantitative estimate of drug-likeness (QED) is 0.128. The molecule has 0 fully saturated rings. The van der Waals surface area contributed by atoms with Gasteiger partial charge in [0.1, 0.15) is 0 Å². The Hall–Kier alpha value is -4.50. The topological polar surface area (TPSA) is 249 Å². The average molecular weight is 505 g/mol. The van der Waals surface area contributed by atoms with E-state index in [1.54, 1.807) is 62.4 Å². The molecule has 2 amide bonds. The molecule has 0 bridgehead atoms. The maximum atomic E-state index is 12.2. The molecule has 0 atom stereocenters. The number of nitrogens with one attached hydrogen (secondary N) is 2. The van der Waals surface area contributed by atoms with Gasteiger partial charge in [-0.2, -0.15) is 18.6 Å². The number of benzene rings is 2. The lowest BCUT2D eigenvalue weighted by atomic mass is 10.1. The zero-order chi connectivity index (χ0) is 26.6. The van der Waals surface area contributed by atoms with Crippen molar-refractivity contribution in [3.8, 4) is 0 Å². The van der Waals surface area contributed by atoms with Gasteiger partial charge in [0.2, 0.25) is 11.9 Å². The summed E-state index contributed by atoms with van der Waals surface area (Å²) in [6.45, 7) is 3.55. The molecular formula is C20H28N10O4S. The van der Waals surface area contributed by atoms with Gasteiger partial charge in [-0.15, -0.1) is 10.2 Å². The minimum absolute atomic E-state index is 0.117. The Labute approximate surface area is 202 Å². The van der Waals surface area contributed by atoms with Crippen LogP contribution >= 0.6 is 0 Å². The molecule has 0 heterocycles. The van der Waals surface area contributed by atoms with E-state index in [-0.39, 0.29) is 18.0 Å². The Bertz CT molecular complexity index is 1140. The number of guanidine groups is 2. The van der Waals surface area contributed by atoms with E-state index in [4.69, 9.17) is 27.5 Å². The van der Waals surface area contributed by atoms with Crippen LogP contribution in [0.25, 0.3) is 0 Å². The van der Waals surface area contributed by atoms with Crippen molar-refractivity contribution in [2.45, 2.75) is 13.8 Å². The van der Waals surface area contributed by atoms with Crippen molar-refractivity contribution in [1.82, 2.24) is 0 Å². The Morgan fingerprint density at radius 3 is 1.26 bits per heavy atom. The van der Waals surface area contributed by atoms with E-state index >= 15 is 0 Å². The number of hydrogen-bond acceptors (Lipinski definition) is 7. The van der Waals surface area contributed by atoms with E-state index < -0.39 is 10.1 Å². The maximum Gasteiger partial charge on any atom is 0.323 e. The number of carbonyl (C=O) groups excluding carboxylic acids is 1. The van der Waals surface area contributed by atoms with E-state index in [9.17, 15) is 13.2 Å². The first-order chi connectivity index (χ1) is 16.2. The fourth-order valence-corrected chi connectivity index (χ4v) is 2.26. The van der Waals surface area contributed by atoms with Crippen LogP contribution in [0.15, 0.2) is 68.9 Å². The number of anilines is 2. The number of carbonyl (C=O) groups is 1. The Balaban J connectivity index is 0.00000111. The summed E-state index contributed by atoms with van der Waals surface area (Å²) in [5.41, 5.74) is 25.2. The predicted octanol–water partition coefficient (Wildman–Crippen LogP) is 0.829. The highest BCUT2D eigenvalue weighted by Gasteiger charge is 2.05. The molecule has 0 unspecified atom stereocenters. The van der Waals surface area contributed by atoms with E-state index in [1.165, 1.54) is 0 Å². The molecule has 11 N–H and O–H groups in total. The van der Waals surface area contributed by atoms with E-state index in [1.807, 2.05) is 0 Å². The van der Waals surface area contributed by atoms with Crippen LogP contribution in [0.4, 0.5) is 16.2 Å². The van der Waals surface area contributed by atoms with Gasteiger partial charge in [0, 0.05) is 11.4 Å². The third-order valence-electron chi connectivity index (χ3n) is 3.75. The van der Waals surface area contributed by atoms with Crippen LogP contribution in [0.1, 0.15) is 25.0 Å². The highest BCUT2D eigenvalue weighted by Crippen LogP contribution is 2.14. The summed E-state index contributed by atoms with van der Waals surface area (Å²) in [5.74, 6) is -0.234. The van der Waals surface area contributed by atoms with Crippen molar-refractivity contribution >= 4 is 50.9 Å². The van der Waals surface area contributed by atoms with Crippen molar-refractivity contribution in [2.75, 3.05) is 16.9 Å². The fourth-order valence-electron chi connectivity index (χ4n) is 2.26. The zero-order valence-corrected chi connectivity index (χ0v) is 20.1. The van der Waals surface area contributed by atoms with Gasteiger partial charge in [-0.1, -0.05) is 24.3 Å². The molecule has 188 valence electrons. The van der Waals surface area contributed by atoms with Gasteiger partial charge in [-0.05, 0) is 49.2 Å². The molecule has 0 aliphatic carbocycles. The molecule has 0 saturated carbocycles. The molecule has 0 aromatic heterocycles. The summed E-state index contributed by atoms with van der Waals surface area (Å²) in [6.07, 6.45) is 0.715. The summed E-state index contributed by atoms with van der Waals surface area (Å²) in [4.78, 5) is 12.2. The van der Waals surface area contributed by atoms with Gasteiger partial charge in [0.25, 0.3) is 10.1 Å². The number of nitrogens with two attached hydrogens (primary N) is 4. The van der Waals surface area contributed by atoms with Crippen LogP contribution < -0.4 is 33.6 Å². The summed E-state index contributed by atoms with van der Waals surface area (Å²) < 4.78 is 25.9. The first kappa shape index (κ1) is 28.5. The van der Waals surface area contributed by atoms with Crippen LogP contribution in [-0.2, 0) is 10.1 Å². The van der Waals surface area contributed by atoms with Crippen molar-refractivity contribution in [2.24, 2.45) is 43.3 Å². The van der Waals surface area contributed by atoms with Gasteiger partial charge in [-0.25, -0.2) is 4.79 Å². The van der Waals surface area contributed by atoms with Crippen LogP contribution in [0.2, 0.25) is 0 Å². The molecule has 14 nitrogen and oxygen atoms in total. The number of rotatable bonds is 6. The molecule has 2 rings (SSSR count). The Morgan fingerprint density at radius 1 is 0.714 bits per heavy atom. The molecule has 0 radical (unpaired) electrons. The molecule has 2 aromatic rings. The van der Waals surface area contributed by atoms with Gasteiger partial charge in [0.05, 0.1) is 17.7 Å². The third kappa shape index (κ3) is 13.0. The van der Waals surface area contributed by atoms with Gasteiger partial charge in [0.15, 0.2) is 0 Å². The minimum Gasteiger partial charge on any atom is -0.369 e. The molecule has 15 heteroatoms. The third-order valence-corrected chi connectivity index (χ3v) is 3.75. The number of hydrogen-bond donors (Lipinski definition) is 7. The molecule has 0 spiro atoms. The monoisotopic (exact) mass is 504 g/mol. The van der Waals surface area contributed by atoms with Crippen LogP contribution in [0.5, 0.6) is 0 Å². The van der Waals surface area contributed by atoms with Crippen molar-refractivity contribution in [3.05, 3.63) is 59.7 Å². The van der Waals surface area contributed by atoms with E-state index in [0.717, 1.165) is 11.1 Å². The Kier molecular flexibility index (Phi) is 10.8. The first-order valence-electron chi connectivity index (χ1n) is 9.72. The average Bonchev–Trinajstić information content (AvgIpc) is 2.75. The predicted molar refractivity (Wildman–Crippen MR) is 139 cm³/mol. The second kappa shape index (κ2) is 13.3. The summed E-state index contributed by atoms with van der Waals surface area (Å²) in [5, 5.41) is 20.5. The smallest absolute Gasteiger partial charge is 0.323 e. The molecule has 0 aliphatic rings. The lowest BCUT2D eigenvalue weighted by Crippen LogP contribution is -2.22. The molecule has 0 aliphatic heterocycles. The molecular weight excluding hydrogens is 476 g/mol. The highest BCUT2D eigenvalue weighted by atomic mass is 32.2. The van der Waals surface area contributed by atoms with Gasteiger partial charge in [-0.3, -0.25) is 4.55 Å². The second-order valence-corrected chi connectivity index (χ2v) is 8.35. The fraction of sp³-hybridized carbons (Fsp3) is 0.150. The SMILES string of the molecule is C/C(=N\N=C(N)N)c1ccc(NC(=O)Nc2ccc(/C(C)=N/N=C(N)N)cc2)cc1.CS(=O)(=O)O. The lowest BCUT2D eigenvalue weighted by molar-refractivity contribution is 0.262. The summed E-state index contributed by atoms with van der Waals surface area (Å²) >= 11 is 0.